The summed E-state index contributed by atoms with van der Waals surface area (Å²) in [5, 5.41) is 0.395. The molecule has 2 rings (SSSR count). The number of ether oxygens (including phenoxy) is 1. The summed E-state index contributed by atoms with van der Waals surface area (Å²) >= 11 is 6.13. The third kappa shape index (κ3) is 4.40. The first-order chi connectivity index (χ1) is 11.4. The highest BCUT2D eigenvalue weighted by Crippen LogP contribution is 2.26. The van der Waals surface area contributed by atoms with Gasteiger partial charge in [0.05, 0.1) is 17.4 Å². The van der Waals surface area contributed by atoms with Gasteiger partial charge in [-0.1, -0.05) is 18.5 Å². The first-order valence-electron chi connectivity index (χ1n) is 8.08. The quantitative estimate of drug-likeness (QED) is 0.765. The molecule has 1 aliphatic rings. The summed E-state index contributed by atoms with van der Waals surface area (Å²) in [5.74, 6) is 0.550. The number of hydrogen-bond acceptors (Lipinski definition) is 4. The Morgan fingerprint density at radius 3 is 2.42 bits per heavy atom. The second-order valence-corrected chi connectivity index (χ2v) is 8.08. The molecule has 134 valence electrons. The summed E-state index contributed by atoms with van der Waals surface area (Å²) in [6.45, 7) is 5.63. The summed E-state index contributed by atoms with van der Waals surface area (Å²) in [4.78, 5) is 14.2. The minimum atomic E-state index is -3.21. The molecule has 1 aliphatic heterocycles. The number of rotatable bonds is 6. The molecule has 0 unspecified atom stereocenters. The Morgan fingerprint density at radius 2 is 1.88 bits per heavy atom. The Kier molecular flexibility index (Phi) is 6.48. The van der Waals surface area contributed by atoms with Gasteiger partial charge < -0.3 is 9.64 Å². The van der Waals surface area contributed by atoms with E-state index in [1.54, 1.807) is 23.1 Å². The Bertz CT molecular complexity index is 685. The van der Waals surface area contributed by atoms with Crippen LogP contribution in [0.3, 0.4) is 0 Å². The van der Waals surface area contributed by atoms with Crippen LogP contribution in [-0.4, -0.2) is 62.1 Å². The molecule has 8 heteroatoms. The summed E-state index contributed by atoms with van der Waals surface area (Å²) in [7, 11) is -3.21. The van der Waals surface area contributed by atoms with E-state index in [0.717, 1.165) is 0 Å². The van der Waals surface area contributed by atoms with Gasteiger partial charge in [-0.15, -0.1) is 0 Å². The monoisotopic (exact) mass is 374 g/mol. The van der Waals surface area contributed by atoms with Crippen molar-refractivity contribution in [3.05, 3.63) is 28.8 Å². The van der Waals surface area contributed by atoms with Crippen molar-refractivity contribution in [2.45, 2.75) is 20.3 Å². The molecule has 0 radical (unpaired) electrons. The van der Waals surface area contributed by atoms with Crippen LogP contribution in [0, 0.1) is 0 Å². The van der Waals surface area contributed by atoms with Gasteiger partial charge in [0.15, 0.2) is 0 Å². The third-order valence-corrected chi connectivity index (χ3v) is 6.23. The molecule has 0 saturated carbocycles. The lowest BCUT2D eigenvalue weighted by molar-refractivity contribution is 0.0698. The predicted octanol–water partition coefficient (Wildman–Crippen LogP) is 2.24. The van der Waals surface area contributed by atoms with E-state index in [0.29, 0.717) is 55.5 Å². The van der Waals surface area contributed by atoms with Gasteiger partial charge in [-0.05, 0) is 31.5 Å². The molecule has 0 atom stereocenters. The van der Waals surface area contributed by atoms with Crippen LogP contribution in [0.25, 0.3) is 0 Å². The van der Waals surface area contributed by atoms with Crippen LogP contribution in [0.1, 0.15) is 30.6 Å². The fraction of sp³-hybridized carbons (Fsp3) is 0.562. The van der Waals surface area contributed by atoms with E-state index in [-0.39, 0.29) is 11.7 Å². The van der Waals surface area contributed by atoms with Gasteiger partial charge >= 0.3 is 0 Å². The topological polar surface area (TPSA) is 66.9 Å². The van der Waals surface area contributed by atoms with Gasteiger partial charge in [-0.3, -0.25) is 4.79 Å². The molecule has 1 heterocycles. The molecule has 6 nitrogen and oxygen atoms in total. The smallest absolute Gasteiger partial charge is 0.253 e. The van der Waals surface area contributed by atoms with Crippen molar-refractivity contribution in [1.29, 1.82) is 0 Å². The predicted molar refractivity (Wildman–Crippen MR) is 94.2 cm³/mol. The van der Waals surface area contributed by atoms with Crippen molar-refractivity contribution in [3.8, 4) is 5.75 Å². The fourth-order valence-electron chi connectivity index (χ4n) is 2.65. The van der Waals surface area contributed by atoms with Crippen molar-refractivity contribution in [3.63, 3.8) is 0 Å². The normalized spacial score (nSPS) is 16.2. The van der Waals surface area contributed by atoms with Crippen molar-refractivity contribution < 1.29 is 17.9 Å². The van der Waals surface area contributed by atoms with E-state index in [9.17, 15) is 13.2 Å². The highest BCUT2D eigenvalue weighted by molar-refractivity contribution is 7.89. The third-order valence-electron chi connectivity index (χ3n) is 3.86. The second kappa shape index (κ2) is 8.18. The second-order valence-electron chi connectivity index (χ2n) is 5.59. The number of halogens is 1. The molecule has 1 saturated heterocycles. The van der Waals surface area contributed by atoms with Gasteiger partial charge in [0.1, 0.15) is 5.75 Å². The summed E-state index contributed by atoms with van der Waals surface area (Å²) in [5.41, 5.74) is 0.480. The van der Waals surface area contributed by atoms with Crippen LogP contribution in [0.5, 0.6) is 5.75 Å². The number of carbonyl (C=O) groups excluding carboxylic acids is 1. The van der Waals surface area contributed by atoms with E-state index >= 15 is 0 Å². The average Bonchev–Trinajstić information content (AvgIpc) is 2.56. The zero-order valence-electron chi connectivity index (χ0n) is 14.0. The van der Waals surface area contributed by atoms with Crippen LogP contribution in [-0.2, 0) is 10.0 Å². The zero-order chi connectivity index (χ0) is 17.7. The van der Waals surface area contributed by atoms with E-state index in [1.807, 2.05) is 13.8 Å². The molecule has 1 fully saturated rings. The summed E-state index contributed by atoms with van der Waals surface area (Å²) in [6, 6.07) is 4.95. The number of piperazine rings is 1. The van der Waals surface area contributed by atoms with Crippen LogP contribution in [0.15, 0.2) is 18.2 Å². The molecule has 1 aromatic rings. The summed E-state index contributed by atoms with van der Waals surface area (Å²) < 4.78 is 31.0. The van der Waals surface area contributed by atoms with Crippen LogP contribution in [0.2, 0.25) is 5.02 Å². The maximum Gasteiger partial charge on any atom is 0.253 e. The van der Waals surface area contributed by atoms with Crippen molar-refractivity contribution in [1.82, 2.24) is 9.21 Å². The lowest BCUT2D eigenvalue weighted by Gasteiger charge is -2.34. The zero-order valence-corrected chi connectivity index (χ0v) is 15.6. The first-order valence-corrected chi connectivity index (χ1v) is 10.1. The minimum Gasteiger partial charge on any atom is -0.492 e. The molecule has 1 aromatic carbocycles. The van der Waals surface area contributed by atoms with Crippen molar-refractivity contribution in [2.24, 2.45) is 0 Å². The number of hydrogen-bond donors (Lipinski definition) is 0. The number of benzene rings is 1. The Balaban J connectivity index is 2.01. The van der Waals surface area contributed by atoms with Gasteiger partial charge in [-0.25, -0.2) is 8.42 Å². The molecule has 0 aliphatic carbocycles. The van der Waals surface area contributed by atoms with Gasteiger partial charge in [0.2, 0.25) is 10.0 Å². The highest BCUT2D eigenvalue weighted by Gasteiger charge is 2.28. The number of amides is 1. The van der Waals surface area contributed by atoms with E-state index in [2.05, 4.69) is 0 Å². The minimum absolute atomic E-state index is 0.146. The van der Waals surface area contributed by atoms with Crippen molar-refractivity contribution in [2.75, 3.05) is 38.5 Å². The molecule has 24 heavy (non-hydrogen) atoms. The van der Waals surface area contributed by atoms with Gasteiger partial charge in [0, 0.05) is 31.7 Å². The van der Waals surface area contributed by atoms with Crippen LogP contribution >= 0.6 is 11.6 Å². The number of sulfonamides is 1. The van der Waals surface area contributed by atoms with E-state index in [1.165, 1.54) is 4.31 Å². The molecule has 0 aromatic heterocycles. The molecule has 1 amide bonds. The fourth-order valence-corrected chi connectivity index (χ4v) is 4.37. The Labute approximate surface area is 148 Å². The first kappa shape index (κ1) is 19.0. The number of carbonyl (C=O) groups is 1. The summed E-state index contributed by atoms with van der Waals surface area (Å²) in [6.07, 6.45) is 0.589. The van der Waals surface area contributed by atoms with E-state index < -0.39 is 10.0 Å². The lowest BCUT2D eigenvalue weighted by atomic mass is 10.1. The maximum absolute atomic E-state index is 12.6. The lowest BCUT2D eigenvalue weighted by Crippen LogP contribution is -2.51. The van der Waals surface area contributed by atoms with Crippen LogP contribution in [0.4, 0.5) is 0 Å². The SMILES string of the molecule is CCCS(=O)(=O)N1CCN(C(=O)c2ccc(OCC)c(Cl)c2)CC1. The highest BCUT2D eigenvalue weighted by atomic mass is 35.5. The van der Waals surface area contributed by atoms with Crippen molar-refractivity contribution >= 4 is 27.5 Å². The number of nitrogens with zero attached hydrogens (tertiary/aromatic N) is 2. The molecule has 0 spiro atoms. The van der Waals surface area contributed by atoms with Gasteiger partial charge in [0.25, 0.3) is 5.91 Å². The van der Waals surface area contributed by atoms with Crippen LogP contribution < -0.4 is 4.74 Å². The molecular formula is C16H23ClN2O4S. The Hall–Kier alpha value is -1.31. The Morgan fingerprint density at radius 1 is 1.21 bits per heavy atom. The largest absolute Gasteiger partial charge is 0.492 e. The molecule has 0 N–H and O–H groups in total. The molecule has 0 bridgehead atoms. The maximum atomic E-state index is 12.6. The van der Waals surface area contributed by atoms with Gasteiger partial charge in [-0.2, -0.15) is 4.31 Å². The average molecular weight is 375 g/mol. The van der Waals surface area contributed by atoms with E-state index in [4.69, 9.17) is 16.3 Å². The standard InChI is InChI=1S/C16H23ClN2O4S/c1-3-11-24(21,22)19-9-7-18(8-10-19)16(20)13-5-6-15(23-4-2)14(17)12-13/h5-6,12H,3-4,7-11H2,1-2H3. The molecular weight excluding hydrogens is 352 g/mol.